The van der Waals surface area contributed by atoms with Crippen LogP contribution in [0.5, 0.6) is 0 Å². The molecule has 3 N–H and O–H groups in total. The van der Waals surface area contributed by atoms with Crippen LogP contribution >= 0.6 is 0 Å². The second kappa shape index (κ2) is 5.79. The number of nitrogens with one attached hydrogen (secondary N) is 2. The average Bonchev–Trinajstić information content (AvgIpc) is 2.81. The SMILES string of the molecule is O=C(Nc1cc(F)ccc1F)N[C@@H]1C=C[C@H](CO)C1. The van der Waals surface area contributed by atoms with Crippen LogP contribution in [0.15, 0.2) is 30.4 Å². The zero-order valence-corrected chi connectivity index (χ0v) is 10.1. The van der Waals surface area contributed by atoms with E-state index in [1.165, 1.54) is 0 Å². The van der Waals surface area contributed by atoms with Crippen molar-refractivity contribution in [1.82, 2.24) is 5.32 Å². The van der Waals surface area contributed by atoms with Gasteiger partial charge in [0.2, 0.25) is 0 Å². The summed E-state index contributed by atoms with van der Waals surface area (Å²) in [4.78, 5) is 11.6. The minimum Gasteiger partial charge on any atom is -0.396 e. The van der Waals surface area contributed by atoms with Crippen molar-refractivity contribution < 1.29 is 18.7 Å². The summed E-state index contributed by atoms with van der Waals surface area (Å²) < 4.78 is 26.2. The first-order valence-corrected chi connectivity index (χ1v) is 5.90. The van der Waals surface area contributed by atoms with Crippen LogP contribution in [0.2, 0.25) is 0 Å². The maximum absolute atomic E-state index is 13.3. The van der Waals surface area contributed by atoms with Gasteiger partial charge in [-0.05, 0) is 18.6 Å². The van der Waals surface area contributed by atoms with E-state index in [4.69, 9.17) is 5.11 Å². The molecule has 19 heavy (non-hydrogen) atoms. The third-order valence-electron chi connectivity index (χ3n) is 2.90. The van der Waals surface area contributed by atoms with E-state index in [1.807, 2.05) is 6.08 Å². The van der Waals surface area contributed by atoms with Crippen molar-refractivity contribution in [1.29, 1.82) is 0 Å². The molecule has 1 aromatic rings. The molecule has 0 saturated carbocycles. The molecular weight excluding hydrogens is 254 g/mol. The highest BCUT2D eigenvalue weighted by Crippen LogP contribution is 2.18. The minimum atomic E-state index is -0.702. The lowest BCUT2D eigenvalue weighted by Crippen LogP contribution is -2.36. The number of hydrogen-bond donors (Lipinski definition) is 3. The Hall–Kier alpha value is -1.95. The van der Waals surface area contributed by atoms with Crippen LogP contribution in [0.1, 0.15) is 6.42 Å². The molecule has 0 saturated heterocycles. The normalized spacial score (nSPS) is 21.4. The molecule has 1 aliphatic carbocycles. The summed E-state index contributed by atoms with van der Waals surface area (Å²) in [7, 11) is 0. The zero-order chi connectivity index (χ0) is 13.8. The van der Waals surface area contributed by atoms with Crippen LogP contribution < -0.4 is 10.6 Å². The standard InChI is InChI=1S/C13H14F2N2O2/c14-9-2-4-11(15)12(6-9)17-13(19)16-10-3-1-8(5-10)7-18/h1-4,6,8,10,18H,5,7H2,(H2,16,17,19)/t8-,10+/m0/s1. The van der Waals surface area contributed by atoms with Crippen molar-refractivity contribution in [3.05, 3.63) is 42.0 Å². The van der Waals surface area contributed by atoms with Crippen molar-refractivity contribution in [2.75, 3.05) is 11.9 Å². The molecular formula is C13H14F2N2O2. The highest BCUT2D eigenvalue weighted by atomic mass is 19.1. The minimum absolute atomic E-state index is 0.0226. The second-order valence-electron chi connectivity index (χ2n) is 4.39. The third-order valence-corrected chi connectivity index (χ3v) is 2.90. The Morgan fingerprint density at radius 2 is 2.16 bits per heavy atom. The van der Waals surface area contributed by atoms with Crippen LogP contribution in [-0.2, 0) is 0 Å². The van der Waals surface area contributed by atoms with Crippen molar-refractivity contribution >= 4 is 11.7 Å². The Kier molecular flexibility index (Phi) is 4.11. The van der Waals surface area contributed by atoms with Crippen LogP contribution in [0.4, 0.5) is 19.3 Å². The Balaban J connectivity index is 1.91. The zero-order valence-electron chi connectivity index (χ0n) is 10.1. The summed E-state index contributed by atoms with van der Waals surface area (Å²) in [5.41, 5.74) is -0.210. The number of carbonyl (C=O) groups excluding carboxylic acids is 1. The van der Waals surface area contributed by atoms with E-state index in [0.29, 0.717) is 6.42 Å². The van der Waals surface area contributed by atoms with Gasteiger partial charge in [0, 0.05) is 24.6 Å². The van der Waals surface area contributed by atoms with Crippen molar-refractivity contribution in [3.63, 3.8) is 0 Å². The van der Waals surface area contributed by atoms with Gasteiger partial charge in [-0.2, -0.15) is 0 Å². The van der Waals surface area contributed by atoms with Gasteiger partial charge in [-0.25, -0.2) is 13.6 Å². The quantitative estimate of drug-likeness (QED) is 0.734. The number of amides is 2. The monoisotopic (exact) mass is 268 g/mol. The summed E-state index contributed by atoms with van der Waals surface area (Å²) in [6, 6.07) is 2.01. The molecule has 0 spiro atoms. The smallest absolute Gasteiger partial charge is 0.319 e. The number of hydrogen-bond acceptors (Lipinski definition) is 2. The van der Waals surface area contributed by atoms with E-state index in [2.05, 4.69) is 10.6 Å². The Labute approximate surface area is 109 Å². The van der Waals surface area contributed by atoms with Gasteiger partial charge in [0.1, 0.15) is 11.6 Å². The lowest BCUT2D eigenvalue weighted by Gasteiger charge is -2.14. The predicted molar refractivity (Wildman–Crippen MR) is 66.6 cm³/mol. The highest BCUT2D eigenvalue weighted by Gasteiger charge is 2.20. The van der Waals surface area contributed by atoms with E-state index in [-0.39, 0.29) is 24.3 Å². The molecule has 2 amide bonds. The summed E-state index contributed by atoms with van der Waals surface area (Å²) in [6.07, 6.45) is 4.17. The van der Waals surface area contributed by atoms with Crippen LogP contribution in [0.25, 0.3) is 0 Å². The molecule has 0 aliphatic heterocycles. The Morgan fingerprint density at radius 1 is 1.37 bits per heavy atom. The number of benzene rings is 1. The lowest BCUT2D eigenvalue weighted by atomic mass is 10.1. The first kappa shape index (κ1) is 13.5. The predicted octanol–water partition coefficient (Wildman–Crippen LogP) is 2.02. The summed E-state index contributed by atoms with van der Waals surface area (Å²) in [5.74, 6) is -1.30. The largest absolute Gasteiger partial charge is 0.396 e. The van der Waals surface area contributed by atoms with Crippen molar-refractivity contribution in [3.8, 4) is 0 Å². The first-order valence-electron chi connectivity index (χ1n) is 5.90. The van der Waals surface area contributed by atoms with Crippen LogP contribution in [-0.4, -0.2) is 23.8 Å². The lowest BCUT2D eigenvalue weighted by molar-refractivity contribution is 0.238. The topological polar surface area (TPSA) is 61.4 Å². The maximum Gasteiger partial charge on any atom is 0.319 e. The van der Waals surface area contributed by atoms with Crippen molar-refractivity contribution in [2.45, 2.75) is 12.5 Å². The fourth-order valence-corrected chi connectivity index (χ4v) is 1.94. The molecule has 0 fully saturated rings. The number of anilines is 1. The molecule has 102 valence electrons. The van der Waals surface area contributed by atoms with Crippen LogP contribution in [0.3, 0.4) is 0 Å². The van der Waals surface area contributed by atoms with Gasteiger partial charge < -0.3 is 15.7 Å². The molecule has 0 bridgehead atoms. The van der Waals surface area contributed by atoms with Gasteiger partial charge in [-0.3, -0.25) is 0 Å². The molecule has 0 aromatic heterocycles. The van der Waals surface area contributed by atoms with Gasteiger partial charge in [-0.1, -0.05) is 12.2 Å². The number of halogens is 2. The molecule has 6 heteroatoms. The van der Waals surface area contributed by atoms with Gasteiger partial charge >= 0.3 is 6.03 Å². The number of rotatable bonds is 3. The highest BCUT2D eigenvalue weighted by molar-refractivity contribution is 5.89. The summed E-state index contributed by atoms with van der Waals surface area (Å²) in [5, 5.41) is 13.8. The Bertz CT molecular complexity index is 505. The average molecular weight is 268 g/mol. The van der Waals surface area contributed by atoms with Gasteiger partial charge in [0.05, 0.1) is 5.69 Å². The van der Waals surface area contributed by atoms with E-state index < -0.39 is 17.7 Å². The van der Waals surface area contributed by atoms with E-state index in [9.17, 15) is 13.6 Å². The molecule has 1 aliphatic rings. The molecule has 0 heterocycles. The molecule has 2 rings (SSSR count). The number of carbonyl (C=O) groups is 1. The maximum atomic E-state index is 13.3. The second-order valence-corrected chi connectivity index (χ2v) is 4.39. The Morgan fingerprint density at radius 3 is 2.84 bits per heavy atom. The van der Waals surface area contributed by atoms with Gasteiger partial charge in [0.15, 0.2) is 0 Å². The molecule has 2 atom stereocenters. The molecule has 0 radical (unpaired) electrons. The van der Waals surface area contributed by atoms with E-state index in [1.54, 1.807) is 6.08 Å². The van der Waals surface area contributed by atoms with Crippen LogP contribution in [0, 0.1) is 17.6 Å². The molecule has 1 aromatic carbocycles. The fraction of sp³-hybridized carbons (Fsp3) is 0.308. The molecule has 0 unspecified atom stereocenters. The summed E-state index contributed by atoms with van der Waals surface area (Å²) >= 11 is 0. The number of aliphatic hydroxyl groups is 1. The van der Waals surface area contributed by atoms with Gasteiger partial charge in [0.25, 0.3) is 0 Å². The summed E-state index contributed by atoms with van der Waals surface area (Å²) in [6.45, 7) is 0.0226. The van der Waals surface area contributed by atoms with Crippen molar-refractivity contribution in [2.24, 2.45) is 5.92 Å². The molecule has 4 nitrogen and oxygen atoms in total. The fourth-order valence-electron chi connectivity index (χ4n) is 1.94. The third kappa shape index (κ3) is 3.51. The first-order chi connectivity index (χ1) is 9.08. The number of urea groups is 1. The van der Waals surface area contributed by atoms with E-state index in [0.717, 1.165) is 18.2 Å². The van der Waals surface area contributed by atoms with E-state index >= 15 is 0 Å². The van der Waals surface area contributed by atoms with Gasteiger partial charge in [-0.15, -0.1) is 0 Å². The number of aliphatic hydroxyl groups excluding tert-OH is 1.